The zero-order valence-corrected chi connectivity index (χ0v) is 43.0. The molecule has 2 N–H and O–H groups in total. The third kappa shape index (κ3) is 17.5. The van der Waals surface area contributed by atoms with Gasteiger partial charge < -0.3 is 38.9 Å². The van der Waals surface area contributed by atoms with Gasteiger partial charge in [0.2, 0.25) is 0 Å². The smallest absolute Gasteiger partial charge is 0.468 e. The van der Waals surface area contributed by atoms with Crippen LogP contribution in [0.15, 0.2) is 83.3 Å². The predicted molar refractivity (Wildman–Crippen MR) is 263 cm³/mol. The van der Waals surface area contributed by atoms with E-state index in [2.05, 4.69) is 36.5 Å². The standard InChI is InChI=1S/C22H28N2O4.C15H17BrN2O2.C13H23BO4/c1-21(2,3)28-20(26)23-14-17-10-9-16-8-7-15(13-18(16)24-17)11-12-22(4,5)19(25)27-6;1-15(2,3)20-14(19)17-9-12-7-5-10-4-6-11(16)8-13(10)18-12;1-11(2,10(15)16-7)8-9-14-17-12(3,4)13(5,6)18-14/h7-13H,14H2,1-6H3,(H,23,26);4-8H,9H2,1-3H3,(H,17,19);8-9H,1-7H3/b12-11+;;9-8+. The highest BCUT2D eigenvalue weighted by Gasteiger charge is 2.50. The molecule has 16 heteroatoms. The Bertz CT molecular complexity index is 2380. The number of pyridine rings is 2. The molecule has 0 unspecified atom stereocenters. The number of benzene rings is 2. The van der Waals surface area contributed by atoms with Crippen LogP contribution in [0.5, 0.6) is 0 Å². The largest absolute Gasteiger partial charge is 0.486 e. The molecule has 358 valence electrons. The van der Waals surface area contributed by atoms with Crippen LogP contribution in [0.2, 0.25) is 0 Å². The molecule has 0 spiro atoms. The molecule has 0 bridgehead atoms. The van der Waals surface area contributed by atoms with Gasteiger partial charge in [-0.15, -0.1) is 0 Å². The summed E-state index contributed by atoms with van der Waals surface area (Å²) in [7, 11) is 2.33. The Morgan fingerprint density at radius 1 is 0.636 bits per heavy atom. The number of halogens is 1. The van der Waals surface area contributed by atoms with Gasteiger partial charge in [0.1, 0.15) is 11.2 Å². The lowest BCUT2D eigenvalue weighted by Crippen LogP contribution is -2.41. The van der Waals surface area contributed by atoms with Gasteiger partial charge in [-0.2, -0.15) is 0 Å². The van der Waals surface area contributed by atoms with E-state index in [1.807, 2.05) is 142 Å². The molecule has 1 fully saturated rings. The van der Waals surface area contributed by atoms with E-state index in [9.17, 15) is 19.2 Å². The molecule has 3 heterocycles. The second kappa shape index (κ2) is 22.5. The zero-order chi connectivity index (χ0) is 49.9. The van der Waals surface area contributed by atoms with Crippen molar-refractivity contribution in [1.29, 1.82) is 0 Å². The normalized spacial score (nSPS) is 14.8. The number of nitrogens with zero attached hydrogens (tertiary/aromatic N) is 2. The topological polar surface area (TPSA) is 174 Å². The van der Waals surface area contributed by atoms with Gasteiger partial charge in [0.15, 0.2) is 0 Å². The van der Waals surface area contributed by atoms with Crippen LogP contribution >= 0.6 is 15.9 Å². The van der Waals surface area contributed by atoms with E-state index in [-0.39, 0.29) is 29.7 Å². The number of ether oxygens (including phenoxy) is 4. The number of alkyl carbamates (subject to hydrolysis) is 2. The molecule has 0 atom stereocenters. The monoisotopic (exact) mass is 974 g/mol. The number of nitrogens with one attached hydrogen (secondary N) is 2. The van der Waals surface area contributed by atoms with Crippen LogP contribution < -0.4 is 10.6 Å². The average molecular weight is 976 g/mol. The Morgan fingerprint density at radius 3 is 1.48 bits per heavy atom. The van der Waals surface area contributed by atoms with Gasteiger partial charge in [-0.05, 0) is 133 Å². The first-order chi connectivity index (χ1) is 30.3. The first-order valence-corrected chi connectivity index (χ1v) is 22.4. The average Bonchev–Trinajstić information content (AvgIpc) is 3.43. The number of hydrogen-bond acceptors (Lipinski definition) is 12. The fourth-order valence-electron chi connectivity index (χ4n) is 5.82. The highest BCUT2D eigenvalue weighted by molar-refractivity contribution is 9.10. The predicted octanol–water partition coefficient (Wildman–Crippen LogP) is 10.9. The number of carbonyl (C=O) groups excluding carboxylic acids is 4. The number of methoxy groups -OCH3 is 2. The molecule has 5 rings (SSSR count). The van der Waals surface area contributed by atoms with E-state index in [0.717, 1.165) is 43.2 Å². The molecule has 1 saturated heterocycles. The van der Waals surface area contributed by atoms with E-state index < -0.39 is 41.3 Å². The first kappa shape index (κ1) is 55.0. The zero-order valence-electron chi connectivity index (χ0n) is 41.4. The number of rotatable bonds is 10. The van der Waals surface area contributed by atoms with Crippen LogP contribution in [0.4, 0.5) is 9.59 Å². The van der Waals surface area contributed by atoms with Crippen molar-refractivity contribution < 1.29 is 47.4 Å². The van der Waals surface area contributed by atoms with Crippen LogP contribution in [0, 0.1) is 10.8 Å². The Labute approximate surface area is 399 Å². The maximum Gasteiger partial charge on any atom is 0.486 e. The summed E-state index contributed by atoms with van der Waals surface area (Å²) < 4.78 is 32.6. The maximum absolute atomic E-state index is 11.8. The van der Waals surface area contributed by atoms with Gasteiger partial charge in [0.25, 0.3) is 0 Å². The lowest BCUT2D eigenvalue weighted by molar-refractivity contribution is -0.148. The molecule has 14 nitrogen and oxygen atoms in total. The third-order valence-corrected chi connectivity index (χ3v) is 10.7. The molecule has 2 aromatic carbocycles. The molecule has 1 aliphatic heterocycles. The van der Waals surface area contributed by atoms with Gasteiger partial charge in [-0.25, -0.2) is 9.59 Å². The van der Waals surface area contributed by atoms with Gasteiger partial charge in [-0.1, -0.05) is 70.5 Å². The number of fused-ring (bicyclic) bond motifs is 2. The Kier molecular flexibility index (Phi) is 18.7. The van der Waals surface area contributed by atoms with E-state index >= 15 is 0 Å². The summed E-state index contributed by atoms with van der Waals surface area (Å²) in [5, 5.41) is 7.46. The number of hydrogen-bond donors (Lipinski definition) is 2. The fraction of sp³-hybridized carbons (Fsp3) is 0.480. The number of aromatic nitrogens is 2. The summed E-state index contributed by atoms with van der Waals surface area (Å²) in [5.74, 6) is 1.20. The van der Waals surface area contributed by atoms with Crippen molar-refractivity contribution >= 4 is 75.1 Å². The van der Waals surface area contributed by atoms with Gasteiger partial charge in [0, 0.05) is 15.2 Å². The molecular weight excluding hydrogens is 907 g/mol. The SMILES string of the molecule is CC(C)(C)OC(=O)NCc1ccc2ccc(Br)cc2n1.COC(=O)C(C)(C)/C=C/B1OC(C)(C)C(C)(C)O1.COC(=O)C(C)(C)/C=C/c1ccc2ccc(CNC(=O)OC(C)(C)C)nc2c1. The summed E-state index contributed by atoms with van der Waals surface area (Å²) in [6.45, 7) is 26.7. The maximum atomic E-state index is 11.8. The Hall–Kier alpha value is -5.32. The minimum Gasteiger partial charge on any atom is -0.468 e. The molecule has 0 aliphatic carbocycles. The van der Waals surface area contributed by atoms with E-state index in [1.165, 1.54) is 14.2 Å². The van der Waals surface area contributed by atoms with E-state index in [1.54, 1.807) is 39.7 Å². The molecule has 2 amide bonds. The molecule has 66 heavy (non-hydrogen) atoms. The third-order valence-electron chi connectivity index (χ3n) is 10.2. The van der Waals surface area contributed by atoms with Crippen LogP contribution in [0.25, 0.3) is 27.9 Å². The summed E-state index contributed by atoms with van der Waals surface area (Å²) >= 11 is 3.42. The van der Waals surface area contributed by atoms with Gasteiger partial charge >= 0.3 is 31.2 Å². The fourth-order valence-corrected chi connectivity index (χ4v) is 6.17. The van der Waals surface area contributed by atoms with Crippen LogP contribution in [-0.2, 0) is 50.9 Å². The van der Waals surface area contributed by atoms with Crippen molar-refractivity contribution in [2.75, 3.05) is 14.2 Å². The van der Waals surface area contributed by atoms with Crippen molar-refractivity contribution in [2.24, 2.45) is 10.8 Å². The van der Waals surface area contributed by atoms with Crippen molar-refractivity contribution in [3.05, 3.63) is 100 Å². The van der Waals surface area contributed by atoms with E-state index in [0.29, 0.717) is 6.54 Å². The summed E-state index contributed by atoms with van der Waals surface area (Å²) in [6, 6.07) is 19.5. The highest BCUT2D eigenvalue weighted by atomic mass is 79.9. The minimum atomic E-state index is -0.712. The first-order valence-electron chi connectivity index (χ1n) is 21.6. The molecule has 2 aromatic heterocycles. The molecule has 1 aliphatic rings. The lowest BCUT2D eigenvalue weighted by Gasteiger charge is -2.32. The van der Waals surface area contributed by atoms with Crippen LogP contribution in [0.3, 0.4) is 0 Å². The summed E-state index contributed by atoms with van der Waals surface area (Å²) in [6.07, 6.45) is 4.54. The summed E-state index contributed by atoms with van der Waals surface area (Å²) in [5.41, 5.74) is 0.990. The van der Waals surface area contributed by atoms with Crippen molar-refractivity contribution in [1.82, 2.24) is 20.6 Å². The second-order valence-electron chi connectivity index (χ2n) is 19.8. The number of esters is 2. The minimum absolute atomic E-state index is 0.278. The molecule has 0 radical (unpaired) electrons. The van der Waals surface area contributed by atoms with Gasteiger partial charge in [-0.3, -0.25) is 19.6 Å². The quantitative estimate of drug-likeness (QED) is 0.0876. The molecule has 0 saturated carbocycles. The molecular formula is C50H68BBrN4O10. The van der Waals surface area contributed by atoms with Crippen LogP contribution in [0.1, 0.15) is 114 Å². The molecule has 4 aromatic rings. The lowest BCUT2D eigenvalue weighted by atomic mass is 9.83. The van der Waals surface area contributed by atoms with Gasteiger partial charge in [0.05, 0.1) is 71.8 Å². The Morgan fingerprint density at radius 2 is 1.05 bits per heavy atom. The van der Waals surface area contributed by atoms with Crippen molar-refractivity contribution in [3.63, 3.8) is 0 Å². The Balaban J connectivity index is 0.000000271. The number of amides is 2. The van der Waals surface area contributed by atoms with Crippen LogP contribution in [-0.4, -0.2) is 77.8 Å². The van der Waals surface area contributed by atoms with E-state index in [4.69, 9.17) is 28.3 Å². The number of carbonyl (C=O) groups is 4. The second-order valence-corrected chi connectivity index (χ2v) is 20.8. The van der Waals surface area contributed by atoms with Crippen molar-refractivity contribution in [3.8, 4) is 0 Å². The van der Waals surface area contributed by atoms with Crippen molar-refractivity contribution in [2.45, 2.75) is 132 Å². The summed E-state index contributed by atoms with van der Waals surface area (Å²) in [4.78, 5) is 55.8. The highest BCUT2D eigenvalue weighted by Crippen LogP contribution is 2.37.